The van der Waals surface area contributed by atoms with Crippen LogP contribution in [0, 0.1) is 0 Å². The van der Waals surface area contributed by atoms with Gasteiger partial charge in [-0.3, -0.25) is 0 Å². The van der Waals surface area contributed by atoms with Gasteiger partial charge in [-0.15, -0.1) is 0 Å². The van der Waals surface area contributed by atoms with Crippen molar-refractivity contribution >= 4 is 18.6 Å². The Kier molecular flexibility index (Phi) is 3.61. The van der Waals surface area contributed by atoms with Crippen LogP contribution in [0.1, 0.15) is 5.56 Å². The van der Waals surface area contributed by atoms with Crippen LogP contribution in [0.4, 0.5) is 8.78 Å². The summed E-state index contributed by atoms with van der Waals surface area (Å²) in [4.78, 5) is 10.8. The molecule has 0 fully saturated rings. The van der Waals surface area contributed by atoms with Gasteiger partial charge >= 0.3 is 19.0 Å². The molecule has 16 heavy (non-hydrogen) atoms. The monoisotopic (exact) mass is 230 g/mol. The van der Waals surface area contributed by atoms with E-state index in [1.165, 1.54) is 0 Å². The Morgan fingerprint density at radius 1 is 1.31 bits per heavy atom. The standard InChI is InChI=1S/C9H9BF2O4/c1-16-8(13)9(11,12)6-2-4-7(5-3-6)10(14)15/h2-5,14-15H,1H3. The number of methoxy groups -OCH3 is 1. The van der Waals surface area contributed by atoms with Crippen LogP contribution in [-0.4, -0.2) is 30.2 Å². The van der Waals surface area contributed by atoms with Gasteiger partial charge in [-0.05, 0) is 5.46 Å². The maximum Gasteiger partial charge on any atom is 0.488 e. The van der Waals surface area contributed by atoms with Crippen LogP contribution in [0.2, 0.25) is 0 Å². The Hall–Kier alpha value is -1.47. The van der Waals surface area contributed by atoms with Crippen molar-refractivity contribution in [3.05, 3.63) is 29.8 Å². The lowest BCUT2D eigenvalue weighted by Crippen LogP contribution is -2.31. The summed E-state index contributed by atoms with van der Waals surface area (Å²) in [6.07, 6.45) is 0. The molecule has 0 aromatic heterocycles. The second-order valence-electron chi connectivity index (χ2n) is 3.06. The van der Waals surface area contributed by atoms with Gasteiger partial charge in [0.15, 0.2) is 0 Å². The van der Waals surface area contributed by atoms with Gasteiger partial charge in [-0.2, -0.15) is 8.78 Å². The molecule has 1 aromatic carbocycles. The average Bonchev–Trinajstić information content (AvgIpc) is 2.28. The molecule has 0 saturated heterocycles. The summed E-state index contributed by atoms with van der Waals surface area (Å²) in [5.41, 5.74) is -0.506. The summed E-state index contributed by atoms with van der Waals surface area (Å²) < 4.78 is 30.5. The number of esters is 1. The summed E-state index contributed by atoms with van der Waals surface area (Å²) in [5.74, 6) is -5.40. The largest absolute Gasteiger partial charge is 0.488 e. The summed E-state index contributed by atoms with van der Waals surface area (Å²) in [6.45, 7) is 0. The summed E-state index contributed by atoms with van der Waals surface area (Å²) in [5, 5.41) is 17.5. The fourth-order valence-corrected chi connectivity index (χ4v) is 1.11. The average molecular weight is 230 g/mol. The Labute approximate surface area is 90.6 Å². The predicted octanol–water partition coefficient (Wildman–Crippen LogP) is -0.369. The molecule has 0 bridgehead atoms. The lowest BCUT2D eigenvalue weighted by molar-refractivity contribution is -0.170. The molecule has 0 aliphatic carbocycles. The highest BCUT2D eigenvalue weighted by Gasteiger charge is 2.42. The number of carbonyl (C=O) groups excluding carboxylic acids is 1. The molecular formula is C9H9BF2O4. The molecule has 4 nitrogen and oxygen atoms in total. The second-order valence-corrected chi connectivity index (χ2v) is 3.06. The number of hydrogen-bond donors (Lipinski definition) is 2. The molecule has 0 unspecified atom stereocenters. The van der Waals surface area contributed by atoms with Crippen LogP contribution in [0.25, 0.3) is 0 Å². The van der Waals surface area contributed by atoms with E-state index in [0.717, 1.165) is 31.4 Å². The number of carbonyl (C=O) groups is 1. The molecule has 0 aliphatic rings. The van der Waals surface area contributed by atoms with Crippen LogP contribution < -0.4 is 5.46 Å². The van der Waals surface area contributed by atoms with Gasteiger partial charge in [0.1, 0.15) is 0 Å². The predicted molar refractivity (Wildman–Crippen MR) is 52.2 cm³/mol. The van der Waals surface area contributed by atoms with Crippen molar-refractivity contribution in [2.24, 2.45) is 0 Å². The molecule has 1 aromatic rings. The lowest BCUT2D eigenvalue weighted by atomic mass is 9.80. The molecule has 0 aliphatic heterocycles. The van der Waals surface area contributed by atoms with Crippen molar-refractivity contribution in [2.45, 2.75) is 5.92 Å². The second kappa shape index (κ2) is 4.59. The zero-order chi connectivity index (χ0) is 12.3. The van der Waals surface area contributed by atoms with Gasteiger partial charge in [0.05, 0.1) is 7.11 Å². The van der Waals surface area contributed by atoms with Gasteiger partial charge in [-0.1, -0.05) is 24.3 Å². The first-order chi connectivity index (χ1) is 7.39. The van der Waals surface area contributed by atoms with Crippen molar-refractivity contribution in [2.75, 3.05) is 7.11 Å². The molecule has 0 atom stereocenters. The Morgan fingerprint density at radius 2 is 1.81 bits per heavy atom. The van der Waals surface area contributed by atoms with E-state index < -0.39 is 24.6 Å². The number of alkyl halides is 2. The van der Waals surface area contributed by atoms with Crippen molar-refractivity contribution in [3.63, 3.8) is 0 Å². The normalized spacial score (nSPS) is 11.1. The smallest absolute Gasteiger partial charge is 0.464 e. The fraction of sp³-hybridized carbons (Fsp3) is 0.222. The topological polar surface area (TPSA) is 66.8 Å². The minimum Gasteiger partial charge on any atom is -0.464 e. The quantitative estimate of drug-likeness (QED) is 0.549. The number of rotatable bonds is 3. The number of ether oxygens (including phenoxy) is 1. The van der Waals surface area contributed by atoms with Gasteiger partial charge in [0.25, 0.3) is 0 Å². The molecule has 0 radical (unpaired) electrons. The van der Waals surface area contributed by atoms with Crippen LogP contribution >= 0.6 is 0 Å². The third kappa shape index (κ3) is 2.37. The Bertz CT molecular complexity index is 378. The summed E-state index contributed by atoms with van der Waals surface area (Å²) in [6, 6.07) is 4.06. The van der Waals surface area contributed by atoms with E-state index in [1.807, 2.05) is 0 Å². The van der Waals surface area contributed by atoms with Gasteiger partial charge in [0, 0.05) is 5.56 Å². The van der Waals surface area contributed by atoms with E-state index in [9.17, 15) is 13.6 Å². The van der Waals surface area contributed by atoms with Crippen LogP contribution in [0.3, 0.4) is 0 Å². The lowest BCUT2D eigenvalue weighted by Gasteiger charge is -2.14. The first-order valence-electron chi connectivity index (χ1n) is 4.32. The molecular weight excluding hydrogens is 221 g/mol. The first-order valence-corrected chi connectivity index (χ1v) is 4.32. The maximum atomic E-state index is 13.3. The van der Waals surface area contributed by atoms with Crippen LogP contribution in [0.15, 0.2) is 24.3 Å². The van der Waals surface area contributed by atoms with Crippen LogP contribution in [-0.2, 0) is 15.5 Å². The fourth-order valence-electron chi connectivity index (χ4n) is 1.11. The number of benzene rings is 1. The van der Waals surface area contributed by atoms with Gasteiger partial charge in [0.2, 0.25) is 0 Å². The minimum atomic E-state index is -3.74. The molecule has 86 valence electrons. The number of hydrogen-bond acceptors (Lipinski definition) is 4. The highest BCUT2D eigenvalue weighted by Crippen LogP contribution is 2.28. The molecule has 7 heteroatoms. The van der Waals surface area contributed by atoms with Crippen molar-refractivity contribution in [3.8, 4) is 0 Å². The minimum absolute atomic E-state index is 0.0596. The van der Waals surface area contributed by atoms with E-state index in [0.29, 0.717) is 0 Å². The number of halogens is 2. The zero-order valence-electron chi connectivity index (χ0n) is 8.35. The maximum absolute atomic E-state index is 13.3. The van der Waals surface area contributed by atoms with Crippen molar-refractivity contribution in [1.29, 1.82) is 0 Å². The third-order valence-corrected chi connectivity index (χ3v) is 2.01. The molecule has 0 spiro atoms. The molecule has 0 saturated carbocycles. The molecule has 2 N–H and O–H groups in total. The molecule has 0 heterocycles. The van der Waals surface area contributed by atoms with Gasteiger partial charge < -0.3 is 14.8 Å². The van der Waals surface area contributed by atoms with E-state index in [1.54, 1.807) is 0 Å². The van der Waals surface area contributed by atoms with E-state index in [2.05, 4.69) is 4.74 Å². The third-order valence-electron chi connectivity index (χ3n) is 2.01. The highest BCUT2D eigenvalue weighted by atomic mass is 19.3. The van der Waals surface area contributed by atoms with E-state index in [4.69, 9.17) is 10.0 Å². The highest BCUT2D eigenvalue weighted by molar-refractivity contribution is 6.58. The first kappa shape index (κ1) is 12.6. The zero-order valence-corrected chi connectivity index (χ0v) is 8.35. The van der Waals surface area contributed by atoms with E-state index >= 15 is 0 Å². The Morgan fingerprint density at radius 3 is 2.19 bits per heavy atom. The Balaban J connectivity index is 3.01. The molecule has 1 rings (SSSR count). The van der Waals surface area contributed by atoms with E-state index in [-0.39, 0.29) is 5.46 Å². The van der Waals surface area contributed by atoms with Crippen LogP contribution in [0.5, 0.6) is 0 Å². The van der Waals surface area contributed by atoms with Crippen molar-refractivity contribution < 1.29 is 28.4 Å². The van der Waals surface area contributed by atoms with Gasteiger partial charge in [-0.25, -0.2) is 4.79 Å². The summed E-state index contributed by atoms with van der Waals surface area (Å²) in [7, 11) is -0.872. The van der Waals surface area contributed by atoms with Crippen molar-refractivity contribution in [1.82, 2.24) is 0 Å². The SMILES string of the molecule is COC(=O)C(F)(F)c1ccc(B(O)O)cc1. The summed E-state index contributed by atoms with van der Waals surface area (Å²) >= 11 is 0. The molecule has 0 amide bonds.